The van der Waals surface area contributed by atoms with Crippen LogP contribution < -0.4 is 0 Å². The van der Waals surface area contributed by atoms with Gasteiger partial charge in [-0.15, -0.1) is 0 Å². The quantitative estimate of drug-likeness (QED) is 0.470. The summed E-state index contributed by atoms with van der Waals surface area (Å²) in [5.74, 6) is 0.0813. The zero-order chi connectivity index (χ0) is 16.9. The lowest BCUT2D eigenvalue weighted by atomic mass is 10.1. The lowest BCUT2D eigenvalue weighted by Gasteiger charge is -2.04. The van der Waals surface area contributed by atoms with Crippen molar-refractivity contribution in [3.05, 3.63) is 72.1 Å². The molecule has 3 rings (SSSR count). The van der Waals surface area contributed by atoms with Gasteiger partial charge < -0.3 is 0 Å². The van der Waals surface area contributed by atoms with Gasteiger partial charge in [-0.2, -0.15) is 0 Å². The molecule has 3 heteroatoms. The zero-order valence-electron chi connectivity index (χ0n) is 14.0. The van der Waals surface area contributed by atoms with Crippen LogP contribution in [0.5, 0.6) is 0 Å². The van der Waals surface area contributed by atoms with E-state index in [1.807, 2.05) is 44.2 Å². The number of pyridine rings is 1. The molecule has 0 N–H and O–H groups in total. The second-order valence-corrected chi connectivity index (χ2v) is 5.81. The summed E-state index contributed by atoms with van der Waals surface area (Å²) in [5.41, 5.74) is 2.95. The maximum atomic E-state index is 12.0. The van der Waals surface area contributed by atoms with Gasteiger partial charge in [0, 0.05) is 6.42 Å². The Kier molecular flexibility index (Phi) is 4.80. The highest BCUT2D eigenvalue weighted by molar-refractivity contribution is 6.01. The van der Waals surface area contributed by atoms with Crippen LogP contribution in [0.15, 0.2) is 65.7 Å². The summed E-state index contributed by atoms with van der Waals surface area (Å²) in [6.07, 6.45) is 1.35. The first-order valence-corrected chi connectivity index (χ1v) is 8.22. The number of ketones is 1. The normalized spacial score (nSPS) is 11.7. The smallest absolute Gasteiger partial charge is 0.181 e. The van der Waals surface area contributed by atoms with Crippen LogP contribution in [0, 0.1) is 0 Å². The van der Waals surface area contributed by atoms with E-state index in [1.165, 1.54) is 5.39 Å². The molecular formula is C21H20N2O. The fourth-order valence-electron chi connectivity index (χ4n) is 2.64. The van der Waals surface area contributed by atoms with Crippen molar-refractivity contribution in [2.24, 2.45) is 4.99 Å². The molecular weight excluding hydrogens is 296 g/mol. The summed E-state index contributed by atoms with van der Waals surface area (Å²) >= 11 is 0. The third-order valence-corrected chi connectivity index (χ3v) is 3.91. The number of nitrogens with zero attached hydrogens (tertiary/aromatic N) is 2. The van der Waals surface area contributed by atoms with E-state index < -0.39 is 0 Å². The number of Topliss-reactive ketones (excluding diaryl/α,β-unsaturated/α-hetero) is 1. The number of benzene rings is 2. The van der Waals surface area contributed by atoms with Crippen molar-refractivity contribution in [3.63, 3.8) is 0 Å². The van der Waals surface area contributed by atoms with Gasteiger partial charge in [-0.3, -0.25) is 9.79 Å². The molecule has 2 aromatic carbocycles. The van der Waals surface area contributed by atoms with Crippen molar-refractivity contribution in [2.75, 3.05) is 0 Å². The molecule has 1 aromatic heterocycles. The average molecular weight is 316 g/mol. The predicted octanol–water partition coefficient (Wildman–Crippen LogP) is 5.36. The van der Waals surface area contributed by atoms with Crippen LogP contribution >= 0.6 is 0 Å². The molecule has 0 saturated heterocycles. The highest BCUT2D eigenvalue weighted by Gasteiger charge is 2.08. The fourth-order valence-corrected chi connectivity index (χ4v) is 2.64. The number of rotatable bonds is 5. The van der Waals surface area contributed by atoms with Crippen molar-refractivity contribution in [3.8, 4) is 0 Å². The molecule has 3 nitrogen and oxygen atoms in total. The maximum absolute atomic E-state index is 12.0. The number of carbonyl (C=O) groups excluding carboxylic acids is 1. The van der Waals surface area contributed by atoms with Gasteiger partial charge in [0.15, 0.2) is 5.78 Å². The average Bonchev–Trinajstić information content (AvgIpc) is 2.62. The molecule has 0 amide bonds. The van der Waals surface area contributed by atoms with Crippen LogP contribution in [-0.4, -0.2) is 16.5 Å². The van der Waals surface area contributed by atoms with Crippen LogP contribution in [0.2, 0.25) is 0 Å². The Morgan fingerprint density at radius 1 is 0.958 bits per heavy atom. The minimum Gasteiger partial charge on any atom is -0.292 e. The molecule has 1 heterocycles. The fraction of sp³-hybridized carbons (Fsp3) is 0.190. The number of fused-ring (bicyclic) bond motifs is 1. The molecule has 120 valence electrons. The second-order valence-electron chi connectivity index (χ2n) is 5.81. The third kappa shape index (κ3) is 3.57. The van der Waals surface area contributed by atoms with Gasteiger partial charge in [0.1, 0.15) is 5.69 Å². The van der Waals surface area contributed by atoms with E-state index >= 15 is 0 Å². The number of aromatic nitrogens is 1. The first kappa shape index (κ1) is 16.1. The zero-order valence-corrected chi connectivity index (χ0v) is 14.0. The molecule has 3 aromatic rings. The largest absolute Gasteiger partial charge is 0.292 e. The molecule has 0 radical (unpaired) electrons. The Hall–Kier alpha value is -2.81. The van der Waals surface area contributed by atoms with E-state index in [0.29, 0.717) is 12.1 Å². The van der Waals surface area contributed by atoms with Gasteiger partial charge in [-0.1, -0.05) is 43.3 Å². The summed E-state index contributed by atoms with van der Waals surface area (Å²) in [7, 11) is 0. The van der Waals surface area contributed by atoms with Crippen LogP contribution in [-0.2, 0) is 0 Å². The van der Waals surface area contributed by atoms with Gasteiger partial charge in [0.25, 0.3) is 0 Å². The van der Waals surface area contributed by atoms with Gasteiger partial charge in [-0.25, -0.2) is 4.98 Å². The van der Waals surface area contributed by atoms with Gasteiger partial charge in [0.2, 0.25) is 0 Å². The van der Waals surface area contributed by atoms with E-state index in [9.17, 15) is 4.79 Å². The summed E-state index contributed by atoms with van der Waals surface area (Å²) in [4.78, 5) is 21.2. The van der Waals surface area contributed by atoms with E-state index in [4.69, 9.17) is 0 Å². The van der Waals surface area contributed by atoms with E-state index in [1.54, 1.807) is 6.07 Å². The highest BCUT2D eigenvalue weighted by Crippen LogP contribution is 2.21. The van der Waals surface area contributed by atoms with Crippen LogP contribution in [0.3, 0.4) is 0 Å². The van der Waals surface area contributed by atoms with E-state index in [-0.39, 0.29) is 5.78 Å². The molecule has 0 aliphatic carbocycles. The van der Waals surface area contributed by atoms with Crippen molar-refractivity contribution in [1.82, 2.24) is 4.98 Å². The molecule has 0 atom stereocenters. The Morgan fingerprint density at radius 2 is 1.71 bits per heavy atom. The molecule has 0 fully saturated rings. The first-order chi connectivity index (χ1) is 11.7. The van der Waals surface area contributed by atoms with E-state index in [2.05, 4.69) is 34.2 Å². The molecule has 0 bridgehead atoms. The molecule has 0 spiro atoms. The SMILES string of the molecule is CCCC(=O)c1cccc(/C(C)=N/c2ccc3ccccc3c2)n1. The van der Waals surface area contributed by atoms with Crippen molar-refractivity contribution in [1.29, 1.82) is 0 Å². The number of hydrogen-bond donors (Lipinski definition) is 0. The lowest BCUT2D eigenvalue weighted by Crippen LogP contribution is -2.06. The number of aliphatic imine (C=N–C) groups is 1. The highest BCUT2D eigenvalue weighted by atomic mass is 16.1. The summed E-state index contributed by atoms with van der Waals surface area (Å²) in [6.45, 7) is 3.92. The third-order valence-electron chi connectivity index (χ3n) is 3.91. The lowest BCUT2D eigenvalue weighted by molar-refractivity contribution is 0.0977. The number of hydrogen-bond acceptors (Lipinski definition) is 3. The van der Waals surface area contributed by atoms with Crippen molar-refractivity contribution in [2.45, 2.75) is 26.7 Å². The van der Waals surface area contributed by atoms with Gasteiger partial charge in [0.05, 0.1) is 17.1 Å². The van der Waals surface area contributed by atoms with E-state index in [0.717, 1.165) is 28.9 Å². The Balaban J connectivity index is 1.92. The Bertz CT molecular complexity index is 912. The topological polar surface area (TPSA) is 42.3 Å². The van der Waals surface area contributed by atoms with Gasteiger partial charge >= 0.3 is 0 Å². The van der Waals surface area contributed by atoms with Crippen LogP contribution in [0.25, 0.3) is 10.8 Å². The standard InChI is InChI=1S/C21H20N2O/c1-3-7-21(24)20-11-6-10-19(23-20)15(2)22-18-13-12-16-8-4-5-9-17(16)14-18/h4-6,8-14H,3,7H2,1-2H3/b22-15+. The molecule has 0 saturated carbocycles. The summed E-state index contributed by atoms with van der Waals surface area (Å²) in [6, 6.07) is 19.9. The molecule has 0 unspecified atom stereocenters. The minimum atomic E-state index is 0.0813. The molecule has 24 heavy (non-hydrogen) atoms. The summed E-state index contributed by atoms with van der Waals surface area (Å²) < 4.78 is 0. The minimum absolute atomic E-state index is 0.0813. The van der Waals surface area contributed by atoms with Crippen LogP contribution in [0.4, 0.5) is 5.69 Å². The van der Waals surface area contributed by atoms with Crippen LogP contribution in [0.1, 0.15) is 42.9 Å². The molecule has 0 aliphatic heterocycles. The monoisotopic (exact) mass is 316 g/mol. The first-order valence-electron chi connectivity index (χ1n) is 8.22. The Labute approximate surface area is 142 Å². The van der Waals surface area contributed by atoms with Crippen molar-refractivity contribution >= 4 is 28.0 Å². The molecule has 0 aliphatic rings. The Morgan fingerprint density at radius 3 is 2.50 bits per heavy atom. The second kappa shape index (κ2) is 7.18. The van der Waals surface area contributed by atoms with Gasteiger partial charge in [-0.05, 0) is 48.4 Å². The maximum Gasteiger partial charge on any atom is 0.181 e. The summed E-state index contributed by atoms with van der Waals surface area (Å²) in [5, 5.41) is 2.35. The van der Waals surface area contributed by atoms with Crippen molar-refractivity contribution < 1.29 is 4.79 Å². The predicted molar refractivity (Wildman–Crippen MR) is 99.3 cm³/mol. The number of carbonyl (C=O) groups is 1.